The summed E-state index contributed by atoms with van der Waals surface area (Å²) in [5.41, 5.74) is 5.81. The zero-order chi connectivity index (χ0) is 10.7. The van der Waals surface area contributed by atoms with Gasteiger partial charge in [0.25, 0.3) is 0 Å². The third kappa shape index (κ3) is 2.53. The Balaban J connectivity index is 1.73. The van der Waals surface area contributed by atoms with Crippen LogP contribution in [0.4, 0.5) is 0 Å². The normalized spacial score (nSPS) is 18.2. The highest BCUT2D eigenvalue weighted by Crippen LogP contribution is 2.27. The molecule has 0 spiro atoms. The van der Waals surface area contributed by atoms with Crippen molar-refractivity contribution in [3.63, 3.8) is 0 Å². The maximum Gasteiger partial charge on any atom is 0.241 e. The molecule has 0 radical (unpaired) electrons. The Morgan fingerprint density at radius 3 is 2.93 bits per heavy atom. The molecule has 6 heteroatoms. The Hall–Kier alpha value is -1.43. The van der Waals surface area contributed by atoms with E-state index in [2.05, 4.69) is 15.4 Å². The van der Waals surface area contributed by atoms with Crippen molar-refractivity contribution in [3.05, 3.63) is 12.7 Å². The third-order valence-electron chi connectivity index (χ3n) is 2.76. The summed E-state index contributed by atoms with van der Waals surface area (Å²) < 4.78 is 1.49. The lowest BCUT2D eigenvalue weighted by molar-refractivity contribution is -0.122. The van der Waals surface area contributed by atoms with Crippen LogP contribution in [0.3, 0.4) is 0 Å². The number of carbonyl (C=O) groups excluding carboxylic acids is 1. The smallest absolute Gasteiger partial charge is 0.241 e. The molecule has 1 aromatic heterocycles. The van der Waals surface area contributed by atoms with Crippen LogP contribution in [0.15, 0.2) is 12.7 Å². The standard InChI is InChI=1S/C9H15N5O/c10-9(2-1-3-9)5-12-8(15)4-14-7-11-6-13-14/h6-7H,1-5,10H2,(H,12,15). The van der Waals surface area contributed by atoms with E-state index in [1.807, 2.05) is 0 Å². The number of hydrogen-bond acceptors (Lipinski definition) is 4. The predicted octanol–water partition coefficient (Wildman–Crippen LogP) is -0.724. The quantitative estimate of drug-likeness (QED) is 0.685. The van der Waals surface area contributed by atoms with Gasteiger partial charge in [-0.2, -0.15) is 5.10 Å². The average molecular weight is 209 g/mol. The van der Waals surface area contributed by atoms with Crippen LogP contribution in [0.2, 0.25) is 0 Å². The number of carbonyl (C=O) groups is 1. The third-order valence-corrected chi connectivity index (χ3v) is 2.76. The molecule has 0 aliphatic heterocycles. The SMILES string of the molecule is NC1(CNC(=O)Cn2cncn2)CCC1. The van der Waals surface area contributed by atoms with Gasteiger partial charge in [-0.05, 0) is 19.3 Å². The van der Waals surface area contributed by atoms with Gasteiger partial charge in [0.05, 0.1) is 0 Å². The van der Waals surface area contributed by atoms with Gasteiger partial charge in [-0.25, -0.2) is 9.67 Å². The van der Waals surface area contributed by atoms with Gasteiger partial charge in [0, 0.05) is 12.1 Å². The lowest BCUT2D eigenvalue weighted by Gasteiger charge is -2.38. The summed E-state index contributed by atoms with van der Waals surface area (Å²) in [6.45, 7) is 0.761. The van der Waals surface area contributed by atoms with Gasteiger partial charge in [-0.15, -0.1) is 0 Å². The first-order chi connectivity index (χ1) is 7.18. The first-order valence-electron chi connectivity index (χ1n) is 5.06. The molecule has 6 nitrogen and oxygen atoms in total. The highest BCUT2D eigenvalue weighted by Gasteiger charge is 2.32. The highest BCUT2D eigenvalue weighted by molar-refractivity contribution is 5.75. The van der Waals surface area contributed by atoms with E-state index in [0.717, 1.165) is 19.3 Å². The Morgan fingerprint density at radius 1 is 1.60 bits per heavy atom. The van der Waals surface area contributed by atoms with Crippen LogP contribution >= 0.6 is 0 Å². The molecule has 2 rings (SSSR count). The second-order valence-electron chi connectivity index (χ2n) is 4.09. The molecule has 1 fully saturated rings. The molecule has 0 aromatic carbocycles. The van der Waals surface area contributed by atoms with Crippen LogP contribution in [0, 0.1) is 0 Å². The Kier molecular flexibility index (Phi) is 2.68. The van der Waals surface area contributed by atoms with Gasteiger partial charge in [0.15, 0.2) is 0 Å². The second kappa shape index (κ2) is 3.98. The summed E-state index contributed by atoms with van der Waals surface area (Å²) in [6.07, 6.45) is 6.08. The Labute approximate surface area is 87.9 Å². The van der Waals surface area contributed by atoms with Crippen LogP contribution in [-0.4, -0.2) is 32.8 Å². The zero-order valence-electron chi connectivity index (χ0n) is 8.52. The van der Waals surface area contributed by atoms with E-state index < -0.39 is 0 Å². The fourth-order valence-electron chi connectivity index (χ4n) is 1.60. The van der Waals surface area contributed by atoms with Gasteiger partial charge in [0.2, 0.25) is 5.91 Å². The van der Waals surface area contributed by atoms with E-state index in [1.54, 1.807) is 0 Å². The van der Waals surface area contributed by atoms with Crippen LogP contribution < -0.4 is 11.1 Å². The summed E-state index contributed by atoms with van der Waals surface area (Å²) >= 11 is 0. The van der Waals surface area contributed by atoms with Crippen molar-refractivity contribution in [1.29, 1.82) is 0 Å². The van der Waals surface area contributed by atoms with Crippen molar-refractivity contribution in [2.45, 2.75) is 31.3 Å². The molecule has 82 valence electrons. The largest absolute Gasteiger partial charge is 0.353 e. The number of nitrogens with zero attached hydrogens (tertiary/aromatic N) is 3. The lowest BCUT2D eigenvalue weighted by atomic mass is 9.78. The molecule has 0 unspecified atom stereocenters. The minimum atomic E-state index is -0.169. The molecule has 1 heterocycles. The summed E-state index contributed by atoms with van der Waals surface area (Å²) in [5.74, 6) is -0.0720. The van der Waals surface area contributed by atoms with Gasteiger partial charge < -0.3 is 11.1 Å². The minimum Gasteiger partial charge on any atom is -0.353 e. The molecule has 3 N–H and O–H groups in total. The van der Waals surface area contributed by atoms with Gasteiger partial charge in [-0.3, -0.25) is 4.79 Å². The van der Waals surface area contributed by atoms with Crippen LogP contribution in [0.5, 0.6) is 0 Å². The molecular weight excluding hydrogens is 194 g/mol. The molecular formula is C9H15N5O. The van der Waals surface area contributed by atoms with Crippen molar-refractivity contribution in [1.82, 2.24) is 20.1 Å². The summed E-state index contributed by atoms with van der Waals surface area (Å²) in [6, 6.07) is 0. The van der Waals surface area contributed by atoms with Crippen LogP contribution in [-0.2, 0) is 11.3 Å². The summed E-state index contributed by atoms with van der Waals surface area (Å²) in [4.78, 5) is 15.2. The van der Waals surface area contributed by atoms with Crippen molar-refractivity contribution in [3.8, 4) is 0 Å². The predicted molar refractivity (Wildman–Crippen MR) is 53.8 cm³/mol. The highest BCUT2D eigenvalue weighted by atomic mass is 16.2. The monoisotopic (exact) mass is 209 g/mol. The number of nitrogens with two attached hydrogens (primary N) is 1. The molecule has 1 aliphatic rings. The molecule has 0 atom stereocenters. The van der Waals surface area contributed by atoms with Crippen molar-refractivity contribution in [2.24, 2.45) is 5.73 Å². The van der Waals surface area contributed by atoms with E-state index in [1.165, 1.54) is 17.3 Å². The van der Waals surface area contributed by atoms with Crippen molar-refractivity contribution in [2.75, 3.05) is 6.54 Å². The maximum absolute atomic E-state index is 11.4. The van der Waals surface area contributed by atoms with E-state index >= 15 is 0 Å². The molecule has 1 saturated carbocycles. The molecule has 1 aliphatic carbocycles. The zero-order valence-corrected chi connectivity index (χ0v) is 8.52. The van der Waals surface area contributed by atoms with E-state index in [4.69, 9.17) is 5.73 Å². The maximum atomic E-state index is 11.4. The number of aromatic nitrogens is 3. The second-order valence-corrected chi connectivity index (χ2v) is 4.09. The Bertz CT molecular complexity index is 330. The number of hydrogen-bond donors (Lipinski definition) is 2. The van der Waals surface area contributed by atoms with Crippen molar-refractivity contribution >= 4 is 5.91 Å². The molecule has 0 bridgehead atoms. The Morgan fingerprint density at radius 2 is 2.40 bits per heavy atom. The summed E-state index contributed by atoms with van der Waals surface area (Å²) in [7, 11) is 0. The van der Waals surface area contributed by atoms with E-state index in [0.29, 0.717) is 6.54 Å². The van der Waals surface area contributed by atoms with Gasteiger partial charge in [-0.1, -0.05) is 0 Å². The lowest BCUT2D eigenvalue weighted by Crippen LogP contribution is -2.55. The number of amides is 1. The van der Waals surface area contributed by atoms with Crippen LogP contribution in [0.25, 0.3) is 0 Å². The molecule has 1 aromatic rings. The minimum absolute atomic E-state index is 0.0720. The van der Waals surface area contributed by atoms with Crippen molar-refractivity contribution < 1.29 is 4.79 Å². The van der Waals surface area contributed by atoms with Gasteiger partial charge in [0.1, 0.15) is 19.2 Å². The fourth-order valence-corrected chi connectivity index (χ4v) is 1.60. The topological polar surface area (TPSA) is 85.8 Å². The summed E-state index contributed by atoms with van der Waals surface area (Å²) in [5, 5.41) is 6.66. The molecule has 1 amide bonds. The van der Waals surface area contributed by atoms with E-state index in [9.17, 15) is 4.79 Å². The van der Waals surface area contributed by atoms with Crippen LogP contribution in [0.1, 0.15) is 19.3 Å². The fraction of sp³-hybridized carbons (Fsp3) is 0.667. The average Bonchev–Trinajstić information content (AvgIpc) is 2.64. The molecule has 15 heavy (non-hydrogen) atoms. The first kappa shape index (κ1) is 10.1. The number of rotatable bonds is 4. The molecule has 0 saturated heterocycles. The van der Waals surface area contributed by atoms with Gasteiger partial charge >= 0.3 is 0 Å². The first-order valence-corrected chi connectivity index (χ1v) is 5.06. The van der Waals surface area contributed by atoms with E-state index in [-0.39, 0.29) is 18.0 Å². The number of nitrogens with one attached hydrogen (secondary N) is 1.